The van der Waals surface area contributed by atoms with Crippen molar-refractivity contribution < 1.29 is 9.18 Å². The van der Waals surface area contributed by atoms with Crippen LogP contribution in [0.5, 0.6) is 0 Å². The first-order valence-corrected chi connectivity index (χ1v) is 10.4. The van der Waals surface area contributed by atoms with Crippen LogP contribution in [-0.2, 0) is 11.2 Å². The monoisotopic (exact) mass is 421 g/mol. The van der Waals surface area contributed by atoms with Crippen LogP contribution in [-0.4, -0.2) is 33.9 Å². The number of carbonyl (C=O) groups excluding carboxylic acids is 1. The van der Waals surface area contributed by atoms with Crippen LogP contribution in [0.4, 0.5) is 15.9 Å². The summed E-state index contributed by atoms with van der Waals surface area (Å²) in [5.41, 5.74) is 1.92. The molecule has 8 heteroatoms. The first-order chi connectivity index (χ1) is 15.0. The number of pyridine rings is 1. The summed E-state index contributed by atoms with van der Waals surface area (Å²) in [5.74, 6) is 0.881. The van der Waals surface area contributed by atoms with E-state index in [1.165, 1.54) is 18.2 Å². The number of aromatic amines is 1. The average Bonchev–Trinajstić information content (AvgIpc) is 2.80. The van der Waals surface area contributed by atoms with E-state index in [1.807, 2.05) is 19.1 Å². The van der Waals surface area contributed by atoms with E-state index < -0.39 is 0 Å². The van der Waals surface area contributed by atoms with Crippen molar-refractivity contribution in [2.45, 2.75) is 26.2 Å². The molecule has 0 atom stereocenters. The summed E-state index contributed by atoms with van der Waals surface area (Å²) in [4.78, 5) is 38.2. The van der Waals surface area contributed by atoms with Crippen LogP contribution in [0.3, 0.4) is 0 Å². The number of hydrogen-bond donors (Lipinski definition) is 2. The number of hydrogen-bond acceptors (Lipinski definition) is 5. The molecule has 3 aromatic rings. The molecule has 1 aromatic carbocycles. The largest absolute Gasteiger partial charge is 0.357 e. The van der Waals surface area contributed by atoms with Gasteiger partial charge in [0.25, 0.3) is 5.56 Å². The van der Waals surface area contributed by atoms with Crippen molar-refractivity contribution in [3.05, 3.63) is 70.5 Å². The van der Waals surface area contributed by atoms with Gasteiger partial charge < -0.3 is 15.2 Å². The molecule has 2 N–H and O–H groups in total. The number of amides is 1. The molecule has 0 unspecified atom stereocenters. The highest BCUT2D eigenvalue weighted by Crippen LogP contribution is 2.24. The van der Waals surface area contributed by atoms with Gasteiger partial charge in [-0.3, -0.25) is 9.59 Å². The van der Waals surface area contributed by atoms with E-state index >= 15 is 0 Å². The topological polar surface area (TPSA) is 91.0 Å². The van der Waals surface area contributed by atoms with E-state index in [0.717, 1.165) is 17.1 Å². The number of carbonyl (C=O) groups is 1. The van der Waals surface area contributed by atoms with Gasteiger partial charge in [0.05, 0.1) is 0 Å². The van der Waals surface area contributed by atoms with Gasteiger partial charge in [-0.05, 0) is 55.7 Å². The highest BCUT2D eigenvalue weighted by molar-refractivity contribution is 5.92. The van der Waals surface area contributed by atoms with Crippen LogP contribution in [0.15, 0.2) is 53.5 Å². The number of rotatable bonds is 5. The highest BCUT2D eigenvalue weighted by atomic mass is 19.1. The normalized spacial score (nSPS) is 14.5. The lowest BCUT2D eigenvalue weighted by molar-refractivity contribution is -0.120. The zero-order chi connectivity index (χ0) is 21.8. The van der Waals surface area contributed by atoms with E-state index in [0.29, 0.717) is 43.9 Å². The average molecular weight is 421 g/mol. The highest BCUT2D eigenvalue weighted by Gasteiger charge is 2.25. The smallest absolute Gasteiger partial charge is 0.251 e. The number of benzene rings is 1. The van der Waals surface area contributed by atoms with Crippen molar-refractivity contribution in [2.24, 2.45) is 5.92 Å². The predicted octanol–water partition coefficient (Wildman–Crippen LogP) is 3.39. The summed E-state index contributed by atoms with van der Waals surface area (Å²) >= 11 is 0. The molecule has 31 heavy (non-hydrogen) atoms. The predicted molar refractivity (Wildman–Crippen MR) is 117 cm³/mol. The molecule has 1 aliphatic rings. The number of H-pyrrole nitrogens is 1. The number of aromatic nitrogens is 3. The van der Waals surface area contributed by atoms with Gasteiger partial charge in [-0.25, -0.2) is 14.4 Å². The zero-order valence-corrected chi connectivity index (χ0v) is 17.3. The molecular formula is C23H24FN5O2. The summed E-state index contributed by atoms with van der Waals surface area (Å²) < 4.78 is 13.0. The van der Waals surface area contributed by atoms with Crippen molar-refractivity contribution in [2.75, 3.05) is 23.3 Å². The summed E-state index contributed by atoms with van der Waals surface area (Å²) in [6.45, 7) is 3.39. The van der Waals surface area contributed by atoms with Gasteiger partial charge >= 0.3 is 0 Å². The number of aryl methyl sites for hydroxylation is 1. The maximum Gasteiger partial charge on any atom is 0.251 e. The van der Waals surface area contributed by atoms with Gasteiger partial charge in [-0.2, -0.15) is 0 Å². The number of halogens is 1. The first kappa shape index (κ1) is 20.7. The quantitative estimate of drug-likeness (QED) is 0.659. The van der Waals surface area contributed by atoms with Crippen LogP contribution in [0.1, 0.15) is 25.5 Å². The molecule has 7 nitrogen and oxygen atoms in total. The van der Waals surface area contributed by atoms with Crippen molar-refractivity contribution in [3.63, 3.8) is 0 Å². The molecule has 0 saturated carbocycles. The maximum absolute atomic E-state index is 13.0. The van der Waals surface area contributed by atoms with E-state index in [2.05, 4.69) is 25.2 Å². The SMILES string of the molecule is CCc1cc(=O)[nH]c(-c2ccc(N3CCC(C(=O)Nc4ccc(F)cc4)CC3)nc2)n1. The Bertz CT molecular complexity index is 1100. The first-order valence-electron chi connectivity index (χ1n) is 10.4. The van der Waals surface area contributed by atoms with Gasteiger partial charge in [0.15, 0.2) is 0 Å². The third-order valence-electron chi connectivity index (χ3n) is 5.48. The van der Waals surface area contributed by atoms with E-state index in [4.69, 9.17) is 0 Å². The fourth-order valence-corrected chi connectivity index (χ4v) is 3.69. The van der Waals surface area contributed by atoms with Crippen molar-refractivity contribution in [3.8, 4) is 11.4 Å². The maximum atomic E-state index is 13.0. The number of piperidine rings is 1. The lowest BCUT2D eigenvalue weighted by Crippen LogP contribution is -2.38. The Morgan fingerprint density at radius 1 is 1.19 bits per heavy atom. The van der Waals surface area contributed by atoms with Crippen molar-refractivity contribution in [1.29, 1.82) is 0 Å². The Morgan fingerprint density at radius 3 is 2.58 bits per heavy atom. The fraction of sp³-hybridized carbons (Fsp3) is 0.304. The van der Waals surface area contributed by atoms with Gasteiger partial charge in [0.2, 0.25) is 5.91 Å². The second-order valence-corrected chi connectivity index (χ2v) is 7.60. The summed E-state index contributed by atoms with van der Waals surface area (Å²) in [5, 5.41) is 2.86. The molecule has 3 heterocycles. The number of nitrogens with one attached hydrogen (secondary N) is 2. The molecule has 1 fully saturated rings. The summed E-state index contributed by atoms with van der Waals surface area (Å²) in [7, 11) is 0. The molecule has 160 valence electrons. The van der Waals surface area contributed by atoms with Crippen LogP contribution in [0, 0.1) is 11.7 Å². The van der Waals surface area contributed by atoms with Crippen molar-refractivity contribution >= 4 is 17.4 Å². The fourth-order valence-electron chi connectivity index (χ4n) is 3.69. The lowest BCUT2D eigenvalue weighted by Gasteiger charge is -2.32. The molecule has 1 saturated heterocycles. The molecule has 1 amide bonds. The van der Waals surface area contributed by atoms with Gasteiger partial charge in [0.1, 0.15) is 17.5 Å². The Balaban J connectivity index is 1.36. The Hall–Kier alpha value is -3.55. The third-order valence-corrected chi connectivity index (χ3v) is 5.48. The van der Waals surface area contributed by atoms with Crippen LogP contribution in [0.2, 0.25) is 0 Å². The second kappa shape index (κ2) is 9.07. The molecule has 0 bridgehead atoms. The van der Waals surface area contributed by atoms with Crippen LogP contribution in [0.25, 0.3) is 11.4 Å². The molecule has 1 aliphatic heterocycles. The molecule has 0 radical (unpaired) electrons. The molecule has 0 aliphatic carbocycles. The van der Waals surface area contributed by atoms with Gasteiger partial charge in [-0.1, -0.05) is 6.92 Å². The standard InChI is InChI=1S/C23H24FN5O2/c1-2-18-13-21(30)28-22(26-18)16-3-8-20(25-14-16)29-11-9-15(10-12-29)23(31)27-19-6-4-17(24)5-7-19/h3-8,13-15H,2,9-12H2,1H3,(H,27,31)(H,26,28,30). The van der Waals surface area contributed by atoms with E-state index in [-0.39, 0.29) is 23.2 Å². The lowest BCUT2D eigenvalue weighted by atomic mass is 9.95. The summed E-state index contributed by atoms with van der Waals surface area (Å²) in [6, 6.07) is 11.1. The molecule has 4 rings (SSSR count). The second-order valence-electron chi connectivity index (χ2n) is 7.60. The van der Waals surface area contributed by atoms with E-state index in [9.17, 15) is 14.0 Å². The van der Waals surface area contributed by atoms with Crippen LogP contribution < -0.4 is 15.8 Å². The Kier molecular flexibility index (Phi) is 6.06. The van der Waals surface area contributed by atoms with E-state index in [1.54, 1.807) is 18.3 Å². The minimum absolute atomic E-state index is 0.0413. The van der Waals surface area contributed by atoms with Crippen molar-refractivity contribution in [1.82, 2.24) is 15.0 Å². The zero-order valence-electron chi connectivity index (χ0n) is 17.3. The Morgan fingerprint density at radius 2 is 1.94 bits per heavy atom. The molecular weight excluding hydrogens is 397 g/mol. The number of anilines is 2. The van der Waals surface area contributed by atoms with Gasteiger partial charge in [-0.15, -0.1) is 0 Å². The van der Waals surface area contributed by atoms with Crippen LogP contribution >= 0.6 is 0 Å². The third kappa shape index (κ3) is 4.96. The minimum Gasteiger partial charge on any atom is -0.357 e. The minimum atomic E-state index is -0.329. The summed E-state index contributed by atoms with van der Waals surface area (Å²) in [6.07, 6.45) is 3.82. The molecule has 0 spiro atoms. The molecule has 2 aromatic heterocycles. The Labute approximate surface area is 179 Å². The van der Waals surface area contributed by atoms with Gasteiger partial charge in [0, 0.05) is 48.2 Å². The number of nitrogens with zero attached hydrogens (tertiary/aromatic N) is 3.